The molecule has 0 unspecified atom stereocenters. The summed E-state index contributed by atoms with van der Waals surface area (Å²) >= 11 is 0. The van der Waals surface area contributed by atoms with Gasteiger partial charge in [-0.3, -0.25) is 4.79 Å². The highest BCUT2D eigenvalue weighted by molar-refractivity contribution is 5.95. The van der Waals surface area contributed by atoms with Crippen LogP contribution >= 0.6 is 0 Å². The van der Waals surface area contributed by atoms with Gasteiger partial charge in [-0.05, 0) is 38.5 Å². The van der Waals surface area contributed by atoms with E-state index >= 15 is 0 Å². The number of anilines is 1. The summed E-state index contributed by atoms with van der Waals surface area (Å²) in [5.74, 6) is 0.665. The van der Waals surface area contributed by atoms with Crippen LogP contribution in [0.3, 0.4) is 0 Å². The monoisotopic (exact) mass is 250 g/mol. The number of ether oxygens (including phenoxy) is 1. The van der Waals surface area contributed by atoms with E-state index in [-0.39, 0.29) is 5.91 Å². The Bertz CT molecular complexity index is 436. The van der Waals surface area contributed by atoms with Gasteiger partial charge < -0.3 is 15.4 Å². The minimum Gasteiger partial charge on any atom is -0.495 e. The van der Waals surface area contributed by atoms with E-state index in [2.05, 4.69) is 0 Å². The van der Waals surface area contributed by atoms with Crippen LogP contribution in [0, 0.1) is 6.92 Å². The first-order valence-electron chi connectivity index (χ1n) is 5.94. The number of carbonyl (C=O) groups is 1. The Morgan fingerprint density at radius 3 is 2.56 bits per heavy atom. The third kappa shape index (κ3) is 3.74. The standard InChI is InChI=1S/C14H22N2O2/c1-10-6-7-12(18-5)11(8-10)16(4)13(17)9-14(2,3)15/h6-8H,9,15H2,1-5H3. The lowest BCUT2D eigenvalue weighted by Gasteiger charge is -2.24. The Labute approximate surface area is 109 Å². The van der Waals surface area contributed by atoms with Gasteiger partial charge in [0, 0.05) is 19.0 Å². The molecular weight excluding hydrogens is 228 g/mol. The summed E-state index contributed by atoms with van der Waals surface area (Å²) in [7, 11) is 3.34. The van der Waals surface area contributed by atoms with Crippen LogP contribution in [0.25, 0.3) is 0 Å². The molecule has 0 aromatic heterocycles. The molecule has 100 valence electrons. The first kappa shape index (κ1) is 14.5. The van der Waals surface area contributed by atoms with Crippen molar-refractivity contribution in [2.75, 3.05) is 19.1 Å². The SMILES string of the molecule is COc1ccc(C)cc1N(C)C(=O)CC(C)(C)N. The summed E-state index contributed by atoms with van der Waals surface area (Å²) in [5.41, 5.74) is 7.21. The van der Waals surface area contributed by atoms with Gasteiger partial charge in [0.15, 0.2) is 0 Å². The average Bonchev–Trinajstić information content (AvgIpc) is 2.25. The van der Waals surface area contributed by atoms with Gasteiger partial charge >= 0.3 is 0 Å². The molecule has 0 saturated carbocycles. The van der Waals surface area contributed by atoms with E-state index in [1.807, 2.05) is 39.0 Å². The van der Waals surface area contributed by atoms with Gasteiger partial charge in [-0.2, -0.15) is 0 Å². The predicted molar refractivity (Wildman–Crippen MR) is 74.0 cm³/mol. The van der Waals surface area contributed by atoms with Crippen molar-refractivity contribution in [2.45, 2.75) is 32.7 Å². The molecule has 1 rings (SSSR count). The number of aryl methyl sites for hydroxylation is 1. The van der Waals surface area contributed by atoms with Crippen LogP contribution in [0.15, 0.2) is 18.2 Å². The van der Waals surface area contributed by atoms with Crippen molar-refractivity contribution in [2.24, 2.45) is 5.73 Å². The Hall–Kier alpha value is -1.55. The molecule has 0 aliphatic carbocycles. The smallest absolute Gasteiger partial charge is 0.228 e. The summed E-state index contributed by atoms with van der Waals surface area (Å²) in [5, 5.41) is 0. The number of carbonyl (C=O) groups excluding carboxylic acids is 1. The lowest BCUT2D eigenvalue weighted by atomic mass is 10.0. The van der Waals surface area contributed by atoms with Crippen molar-refractivity contribution in [3.8, 4) is 5.75 Å². The zero-order chi connectivity index (χ0) is 13.9. The highest BCUT2D eigenvalue weighted by Crippen LogP contribution is 2.29. The fourth-order valence-electron chi connectivity index (χ4n) is 1.70. The van der Waals surface area contributed by atoms with Crippen molar-refractivity contribution in [3.05, 3.63) is 23.8 Å². The normalized spacial score (nSPS) is 11.2. The maximum Gasteiger partial charge on any atom is 0.228 e. The third-order valence-electron chi connectivity index (χ3n) is 2.68. The number of nitrogens with zero attached hydrogens (tertiary/aromatic N) is 1. The molecule has 2 N–H and O–H groups in total. The van der Waals surface area contributed by atoms with Crippen molar-refractivity contribution in [1.82, 2.24) is 0 Å². The van der Waals surface area contributed by atoms with Crippen LogP contribution in [0.4, 0.5) is 5.69 Å². The van der Waals surface area contributed by atoms with Crippen LogP contribution in [0.1, 0.15) is 25.8 Å². The Kier molecular flexibility index (Phi) is 4.35. The highest BCUT2D eigenvalue weighted by atomic mass is 16.5. The number of nitrogens with two attached hydrogens (primary N) is 1. The molecule has 4 nitrogen and oxygen atoms in total. The van der Waals surface area contributed by atoms with Gasteiger partial charge in [0.2, 0.25) is 5.91 Å². The molecule has 4 heteroatoms. The molecule has 1 aromatic carbocycles. The molecule has 1 amide bonds. The van der Waals surface area contributed by atoms with Gasteiger partial charge in [0.25, 0.3) is 0 Å². The number of rotatable bonds is 4. The molecule has 0 aliphatic rings. The zero-order valence-electron chi connectivity index (χ0n) is 11.8. The molecule has 1 aromatic rings. The summed E-state index contributed by atoms with van der Waals surface area (Å²) < 4.78 is 5.28. The average molecular weight is 250 g/mol. The van der Waals surface area contributed by atoms with Gasteiger partial charge in [-0.15, -0.1) is 0 Å². The fraction of sp³-hybridized carbons (Fsp3) is 0.500. The van der Waals surface area contributed by atoms with Gasteiger partial charge in [-0.25, -0.2) is 0 Å². The summed E-state index contributed by atoms with van der Waals surface area (Å²) in [6.45, 7) is 5.66. The number of hydrogen-bond acceptors (Lipinski definition) is 3. The molecule has 0 aliphatic heterocycles. The van der Waals surface area contributed by atoms with Crippen molar-refractivity contribution in [3.63, 3.8) is 0 Å². The fourth-order valence-corrected chi connectivity index (χ4v) is 1.70. The zero-order valence-corrected chi connectivity index (χ0v) is 11.8. The van der Waals surface area contributed by atoms with Crippen LogP contribution in [-0.4, -0.2) is 25.6 Å². The van der Waals surface area contributed by atoms with Crippen LogP contribution in [0.5, 0.6) is 5.75 Å². The maximum atomic E-state index is 12.1. The second-order valence-corrected chi connectivity index (χ2v) is 5.29. The van der Waals surface area contributed by atoms with Gasteiger partial charge in [0.05, 0.1) is 12.8 Å². The van der Waals surface area contributed by atoms with E-state index < -0.39 is 5.54 Å². The number of benzene rings is 1. The molecule has 18 heavy (non-hydrogen) atoms. The summed E-state index contributed by atoms with van der Waals surface area (Å²) in [6, 6.07) is 5.75. The molecule has 0 bridgehead atoms. The minimum absolute atomic E-state index is 0.0219. The van der Waals surface area contributed by atoms with E-state index in [9.17, 15) is 4.79 Å². The first-order chi connectivity index (χ1) is 8.24. The number of methoxy groups -OCH3 is 1. The van der Waals surface area contributed by atoms with Crippen molar-refractivity contribution < 1.29 is 9.53 Å². The Morgan fingerprint density at radius 1 is 1.44 bits per heavy atom. The van der Waals surface area contributed by atoms with Gasteiger partial charge in [0.1, 0.15) is 5.75 Å². The number of hydrogen-bond donors (Lipinski definition) is 1. The third-order valence-corrected chi connectivity index (χ3v) is 2.68. The van der Waals surface area contributed by atoms with Crippen LogP contribution in [0.2, 0.25) is 0 Å². The predicted octanol–water partition coefficient (Wildman–Crippen LogP) is 2.09. The second kappa shape index (κ2) is 5.40. The molecule has 0 heterocycles. The molecule has 0 radical (unpaired) electrons. The van der Waals surface area contributed by atoms with Gasteiger partial charge in [-0.1, -0.05) is 6.07 Å². The molecule has 0 saturated heterocycles. The summed E-state index contributed by atoms with van der Waals surface area (Å²) in [6.07, 6.45) is 0.292. The van der Waals surface area contributed by atoms with Crippen LogP contribution < -0.4 is 15.4 Å². The summed E-state index contributed by atoms with van der Waals surface area (Å²) in [4.78, 5) is 13.7. The van der Waals surface area contributed by atoms with E-state index in [0.29, 0.717) is 12.2 Å². The van der Waals surface area contributed by atoms with E-state index in [1.165, 1.54) is 0 Å². The van der Waals surface area contributed by atoms with E-state index in [0.717, 1.165) is 11.3 Å². The Balaban J connectivity index is 2.99. The highest BCUT2D eigenvalue weighted by Gasteiger charge is 2.22. The molecule has 0 fully saturated rings. The molecule has 0 atom stereocenters. The second-order valence-electron chi connectivity index (χ2n) is 5.29. The maximum absolute atomic E-state index is 12.1. The van der Waals surface area contributed by atoms with E-state index in [4.69, 9.17) is 10.5 Å². The number of amides is 1. The lowest BCUT2D eigenvalue weighted by Crippen LogP contribution is -2.40. The quantitative estimate of drug-likeness (QED) is 0.890. The van der Waals surface area contributed by atoms with Crippen molar-refractivity contribution in [1.29, 1.82) is 0 Å². The minimum atomic E-state index is -0.512. The molecule has 0 spiro atoms. The Morgan fingerprint density at radius 2 is 2.06 bits per heavy atom. The lowest BCUT2D eigenvalue weighted by molar-refractivity contribution is -0.119. The topological polar surface area (TPSA) is 55.6 Å². The largest absolute Gasteiger partial charge is 0.495 e. The first-order valence-corrected chi connectivity index (χ1v) is 5.94. The van der Waals surface area contributed by atoms with Crippen LogP contribution in [-0.2, 0) is 4.79 Å². The van der Waals surface area contributed by atoms with E-state index in [1.54, 1.807) is 19.1 Å². The molecular formula is C14H22N2O2. The van der Waals surface area contributed by atoms with Crippen molar-refractivity contribution >= 4 is 11.6 Å².